The van der Waals surface area contributed by atoms with Crippen molar-refractivity contribution in [2.75, 3.05) is 18.0 Å². The van der Waals surface area contributed by atoms with E-state index in [0.29, 0.717) is 18.9 Å². The number of aromatic nitrogens is 2. The largest absolute Gasteiger partial charge is 0.356 e. The minimum Gasteiger partial charge on any atom is -0.356 e. The molecular formula is C10H17ClN4O2. The Labute approximate surface area is 105 Å². The van der Waals surface area contributed by atoms with Crippen molar-refractivity contribution in [1.82, 2.24) is 9.55 Å². The summed E-state index contributed by atoms with van der Waals surface area (Å²) in [5.41, 5.74) is 5.16. The number of halogens is 1. The molecule has 17 heavy (non-hydrogen) atoms. The Morgan fingerprint density at radius 1 is 1.53 bits per heavy atom. The lowest BCUT2D eigenvalue weighted by molar-refractivity contribution is 0.668. The molecule has 1 aromatic rings. The Morgan fingerprint density at radius 3 is 2.71 bits per heavy atom. The molecule has 1 aliphatic heterocycles. The van der Waals surface area contributed by atoms with Crippen molar-refractivity contribution in [2.24, 2.45) is 5.73 Å². The van der Waals surface area contributed by atoms with E-state index in [1.807, 2.05) is 4.90 Å². The van der Waals surface area contributed by atoms with Gasteiger partial charge in [-0.15, -0.1) is 12.4 Å². The molecule has 0 saturated carbocycles. The van der Waals surface area contributed by atoms with Crippen LogP contribution in [0.2, 0.25) is 0 Å². The van der Waals surface area contributed by atoms with Gasteiger partial charge in [-0.3, -0.25) is 14.3 Å². The van der Waals surface area contributed by atoms with Crippen LogP contribution < -0.4 is 21.9 Å². The monoisotopic (exact) mass is 260 g/mol. The van der Waals surface area contributed by atoms with Crippen LogP contribution >= 0.6 is 12.4 Å². The number of aromatic amines is 1. The smallest absolute Gasteiger partial charge is 0.329 e. The van der Waals surface area contributed by atoms with Crippen molar-refractivity contribution in [2.45, 2.75) is 25.9 Å². The van der Waals surface area contributed by atoms with Gasteiger partial charge in [0.15, 0.2) is 0 Å². The Hall–Kier alpha value is -1.27. The van der Waals surface area contributed by atoms with Crippen molar-refractivity contribution < 1.29 is 0 Å². The number of nitrogens with one attached hydrogen (secondary N) is 1. The topological polar surface area (TPSA) is 84.1 Å². The van der Waals surface area contributed by atoms with E-state index in [9.17, 15) is 9.59 Å². The molecule has 1 fully saturated rings. The molecule has 2 rings (SSSR count). The molecule has 1 aliphatic rings. The summed E-state index contributed by atoms with van der Waals surface area (Å²) in [4.78, 5) is 27.8. The average Bonchev–Trinajstić information content (AvgIpc) is 2.64. The Kier molecular flexibility index (Phi) is 4.36. The molecular weight excluding hydrogens is 244 g/mol. The number of hydrogen-bond donors (Lipinski definition) is 2. The van der Waals surface area contributed by atoms with Crippen LogP contribution in [0.15, 0.2) is 15.7 Å². The van der Waals surface area contributed by atoms with Crippen molar-refractivity contribution in [1.29, 1.82) is 0 Å². The van der Waals surface area contributed by atoms with Gasteiger partial charge >= 0.3 is 5.69 Å². The number of nitrogens with zero attached hydrogens (tertiary/aromatic N) is 2. The van der Waals surface area contributed by atoms with Gasteiger partial charge in [-0.05, 0) is 13.3 Å². The number of hydrogen-bond acceptors (Lipinski definition) is 4. The van der Waals surface area contributed by atoms with Crippen molar-refractivity contribution in [3.8, 4) is 0 Å². The van der Waals surface area contributed by atoms with Crippen LogP contribution in [0, 0.1) is 0 Å². The molecule has 6 nitrogen and oxygen atoms in total. The van der Waals surface area contributed by atoms with Gasteiger partial charge in [-0.1, -0.05) is 0 Å². The zero-order valence-corrected chi connectivity index (χ0v) is 10.5. The van der Waals surface area contributed by atoms with Gasteiger partial charge in [0.2, 0.25) is 0 Å². The first kappa shape index (κ1) is 13.8. The summed E-state index contributed by atoms with van der Waals surface area (Å²) in [6.45, 7) is 3.62. The number of nitrogens with two attached hydrogens (primary N) is 1. The first-order chi connectivity index (χ1) is 7.61. The third-order valence-corrected chi connectivity index (χ3v) is 2.89. The highest BCUT2D eigenvalue weighted by atomic mass is 35.5. The molecule has 2 heterocycles. The Bertz CT molecular complexity index is 465. The second kappa shape index (κ2) is 5.37. The maximum Gasteiger partial charge on any atom is 0.329 e. The fraction of sp³-hybridized carbons (Fsp3) is 0.600. The summed E-state index contributed by atoms with van der Waals surface area (Å²) < 4.78 is 1.17. The van der Waals surface area contributed by atoms with E-state index < -0.39 is 0 Å². The van der Waals surface area contributed by atoms with Gasteiger partial charge in [0.05, 0.1) is 0 Å². The maximum atomic E-state index is 11.6. The molecule has 1 saturated heterocycles. The lowest BCUT2D eigenvalue weighted by atomic mass is 10.3. The van der Waals surface area contributed by atoms with E-state index in [1.165, 1.54) is 10.6 Å². The molecule has 96 valence electrons. The first-order valence-electron chi connectivity index (χ1n) is 5.46. The van der Waals surface area contributed by atoms with E-state index in [-0.39, 0.29) is 29.7 Å². The first-order valence-corrected chi connectivity index (χ1v) is 5.46. The summed E-state index contributed by atoms with van der Waals surface area (Å²) in [6, 6.07) is 1.58. The summed E-state index contributed by atoms with van der Waals surface area (Å²) in [7, 11) is 0. The van der Waals surface area contributed by atoms with Crippen LogP contribution in [0.4, 0.5) is 5.82 Å². The zero-order valence-electron chi connectivity index (χ0n) is 9.68. The fourth-order valence-corrected chi connectivity index (χ4v) is 1.98. The van der Waals surface area contributed by atoms with Crippen LogP contribution in [-0.2, 0) is 6.54 Å². The summed E-state index contributed by atoms with van der Waals surface area (Å²) in [5, 5.41) is 0. The standard InChI is InChI=1S/C10H16N4O2.ClH/c1-2-14-9(15)5-8(12-10(14)16)13-4-3-7(11)6-13;/h5,7H,2-4,6,11H2,1H3,(H,12,16);1H/t7-;/m0./s1. The minimum atomic E-state index is -0.356. The third kappa shape index (κ3) is 2.70. The minimum absolute atomic E-state index is 0. The van der Waals surface area contributed by atoms with E-state index in [1.54, 1.807) is 6.92 Å². The molecule has 1 aromatic heterocycles. The van der Waals surface area contributed by atoms with Gasteiger partial charge in [-0.25, -0.2) is 4.79 Å². The molecule has 0 unspecified atom stereocenters. The molecule has 0 amide bonds. The lowest BCUT2D eigenvalue weighted by Crippen LogP contribution is -2.37. The van der Waals surface area contributed by atoms with E-state index in [2.05, 4.69) is 4.98 Å². The highest BCUT2D eigenvalue weighted by Crippen LogP contribution is 2.13. The van der Waals surface area contributed by atoms with Crippen LogP contribution in [0.5, 0.6) is 0 Å². The Balaban J connectivity index is 0.00000144. The Morgan fingerprint density at radius 2 is 2.24 bits per heavy atom. The SMILES string of the molecule is CCn1c(=O)cc(N2CC[C@H](N)C2)[nH]c1=O.Cl. The second-order valence-electron chi connectivity index (χ2n) is 4.04. The second-order valence-corrected chi connectivity index (χ2v) is 4.04. The third-order valence-electron chi connectivity index (χ3n) is 2.89. The number of anilines is 1. The van der Waals surface area contributed by atoms with E-state index in [4.69, 9.17) is 5.73 Å². The van der Waals surface area contributed by atoms with E-state index in [0.717, 1.165) is 13.0 Å². The summed E-state index contributed by atoms with van der Waals surface area (Å²) in [5.74, 6) is 0.577. The van der Waals surface area contributed by atoms with Crippen LogP contribution in [-0.4, -0.2) is 28.7 Å². The lowest BCUT2D eigenvalue weighted by Gasteiger charge is -2.17. The van der Waals surface area contributed by atoms with Gasteiger partial charge in [0, 0.05) is 31.7 Å². The van der Waals surface area contributed by atoms with Gasteiger partial charge in [0.1, 0.15) is 5.82 Å². The van der Waals surface area contributed by atoms with Gasteiger partial charge in [0.25, 0.3) is 5.56 Å². The number of rotatable bonds is 2. The fourth-order valence-electron chi connectivity index (χ4n) is 1.98. The summed E-state index contributed by atoms with van der Waals surface area (Å²) in [6.07, 6.45) is 0.888. The molecule has 1 atom stereocenters. The highest BCUT2D eigenvalue weighted by molar-refractivity contribution is 5.85. The van der Waals surface area contributed by atoms with Crippen molar-refractivity contribution in [3.05, 3.63) is 26.9 Å². The van der Waals surface area contributed by atoms with Crippen LogP contribution in [0.25, 0.3) is 0 Å². The average molecular weight is 261 g/mol. The molecule has 3 N–H and O–H groups in total. The molecule has 0 bridgehead atoms. The maximum absolute atomic E-state index is 11.6. The van der Waals surface area contributed by atoms with Crippen LogP contribution in [0.1, 0.15) is 13.3 Å². The van der Waals surface area contributed by atoms with E-state index >= 15 is 0 Å². The quantitative estimate of drug-likeness (QED) is 0.752. The molecule has 0 aromatic carbocycles. The van der Waals surface area contributed by atoms with Crippen molar-refractivity contribution in [3.63, 3.8) is 0 Å². The molecule has 0 spiro atoms. The molecule has 0 aliphatic carbocycles. The predicted molar refractivity (Wildman–Crippen MR) is 69.1 cm³/mol. The van der Waals surface area contributed by atoms with Gasteiger partial charge in [-0.2, -0.15) is 0 Å². The predicted octanol–water partition coefficient (Wildman–Crippen LogP) is -0.484. The molecule has 0 radical (unpaired) electrons. The molecule has 7 heteroatoms. The zero-order chi connectivity index (χ0) is 11.7. The number of H-pyrrole nitrogens is 1. The summed E-state index contributed by atoms with van der Waals surface area (Å²) >= 11 is 0. The highest BCUT2D eigenvalue weighted by Gasteiger charge is 2.20. The van der Waals surface area contributed by atoms with Crippen LogP contribution in [0.3, 0.4) is 0 Å². The van der Waals surface area contributed by atoms with Crippen molar-refractivity contribution >= 4 is 18.2 Å². The normalized spacial score (nSPS) is 19.2. The van der Waals surface area contributed by atoms with Gasteiger partial charge < -0.3 is 10.6 Å².